The van der Waals surface area contributed by atoms with Crippen molar-refractivity contribution in [2.24, 2.45) is 5.92 Å². The zero-order valence-corrected chi connectivity index (χ0v) is 13.7. The van der Waals surface area contributed by atoms with Crippen LogP contribution in [-0.2, 0) is 9.53 Å². The predicted molar refractivity (Wildman–Crippen MR) is 85.8 cm³/mol. The molecule has 0 spiro atoms. The minimum atomic E-state index is 0. The second kappa shape index (κ2) is 8.35. The van der Waals surface area contributed by atoms with E-state index in [0.717, 1.165) is 57.8 Å². The zero-order chi connectivity index (χ0) is 13.8. The van der Waals surface area contributed by atoms with E-state index in [4.69, 9.17) is 4.74 Å². The molecule has 3 aliphatic rings. The lowest BCUT2D eigenvalue weighted by molar-refractivity contribution is -0.135. The van der Waals surface area contributed by atoms with Gasteiger partial charge in [0.2, 0.25) is 5.91 Å². The van der Waals surface area contributed by atoms with Crippen molar-refractivity contribution >= 4 is 18.3 Å². The normalized spacial score (nSPS) is 27.8. The molecule has 4 nitrogen and oxygen atoms in total. The largest absolute Gasteiger partial charge is 0.378 e. The van der Waals surface area contributed by atoms with Crippen molar-refractivity contribution in [3.8, 4) is 0 Å². The fourth-order valence-corrected chi connectivity index (χ4v) is 3.81. The number of hydrogen-bond donors (Lipinski definition) is 1. The summed E-state index contributed by atoms with van der Waals surface area (Å²) in [6.07, 6.45) is 10.0. The highest BCUT2D eigenvalue weighted by molar-refractivity contribution is 5.85. The van der Waals surface area contributed by atoms with Gasteiger partial charge in [-0.05, 0) is 51.0 Å². The second-order valence-electron chi connectivity index (χ2n) is 6.66. The molecule has 1 saturated carbocycles. The van der Waals surface area contributed by atoms with Crippen LogP contribution in [0.2, 0.25) is 0 Å². The van der Waals surface area contributed by atoms with Crippen LogP contribution in [0.4, 0.5) is 0 Å². The van der Waals surface area contributed by atoms with Crippen molar-refractivity contribution in [2.45, 2.75) is 63.5 Å². The van der Waals surface area contributed by atoms with E-state index >= 15 is 0 Å². The lowest BCUT2D eigenvalue weighted by atomic mass is 10.1. The van der Waals surface area contributed by atoms with Crippen molar-refractivity contribution < 1.29 is 9.53 Å². The lowest BCUT2D eigenvalue weighted by Gasteiger charge is -2.34. The topological polar surface area (TPSA) is 41.6 Å². The van der Waals surface area contributed by atoms with Crippen molar-refractivity contribution in [3.63, 3.8) is 0 Å². The number of nitrogens with one attached hydrogen (secondary N) is 1. The summed E-state index contributed by atoms with van der Waals surface area (Å²) < 4.78 is 6.07. The van der Waals surface area contributed by atoms with Gasteiger partial charge in [0.05, 0.1) is 12.1 Å². The van der Waals surface area contributed by atoms with E-state index in [-0.39, 0.29) is 18.4 Å². The van der Waals surface area contributed by atoms with Crippen molar-refractivity contribution in [2.75, 3.05) is 26.2 Å². The number of amides is 1. The van der Waals surface area contributed by atoms with E-state index < -0.39 is 0 Å². The molecule has 0 aromatic rings. The van der Waals surface area contributed by atoms with Crippen molar-refractivity contribution in [1.29, 1.82) is 0 Å². The fourth-order valence-electron chi connectivity index (χ4n) is 3.81. The van der Waals surface area contributed by atoms with Gasteiger partial charge in [0.15, 0.2) is 0 Å². The molecule has 0 aromatic carbocycles. The maximum absolute atomic E-state index is 12.3. The highest BCUT2D eigenvalue weighted by Crippen LogP contribution is 2.26. The van der Waals surface area contributed by atoms with Gasteiger partial charge in [0.25, 0.3) is 0 Å². The van der Waals surface area contributed by atoms with Crippen LogP contribution in [0.3, 0.4) is 0 Å². The number of carbonyl (C=O) groups excluding carboxylic acids is 1. The molecule has 1 unspecified atom stereocenters. The SMILES string of the molecule is Cl.O=C(C1CCCN1)N1CCC(OCC2CCCC2)CC1. The van der Waals surface area contributed by atoms with E-state index in [1.54, 1.807) is 0 Å². The van der Waals surface area contributed by atoms with E-state index in [1.807, 2.05) is 4.90 Å². The Morgan fingerprint density at radius 3 is 2.38 bits per heavy atom. The smallest absolute Gasteiger partial charge is 0.239 e. The van der Waals surface area contributed by atoms with Crippen LogP contribution in [0.1, 0.15) is 51.4 Å². The Morgan fingerprint density at radius 2 is 1.76 bits per heavy atom. The van der Waals surface area contributed by atoms with Crippen molar-refractivity contribution in [1.82, 2.24) is 10.2 Å². The number of rotatable bonds is 4. The Balaban J connectivity index is 0.00000161. The number of nitrogens with zero attached hydrogens (tertiary/aromatic N) is 1. The predicted octanol–water partition coefficient (Wildman–Crippen LogP) is 2.36. The molecule has 2 saturated heterocycles. The second-order valence-corrected chi connectivity index (χ2v) is 6.66. The highest BCUT2D eigenvalue weighted by atomic mass is 35.5. The van der Waals surface area contributed by atoms with Gasteiger partial charge < -0.3 is 15.0 Å². The summed E-state index contributed by atoms with van der Waals surface area (Å²) in [5.41, 5.74) is 0. The monoisotopic (exact) mass is 316 g/mol. The molecule has 1 aliphatic carbocycles. The van der Waals surface area contributed by atoms with Crippen LogP contribution in [0, 0.1) is 5.92 Å². The molecule has 0 aromatic heterocycles. The van der Waals surface area contributed by atoms with Gasteiger partial charge in [0.1, 0.15) is 0 Å². The molecule has 3 rings (SSSR count). The van der Waals surface area contributed by atoms with Crippen LogP contribution in [0.5, 0.6) is 0 Å². The molecule has 1 N–H and O–H groups in total. The van der Waals surface area contributed by atoms with Crippen LogP contribution < -0.4 is 5.32 Å². The van der Waals surface area contributed by atoms with E-state index in [9.17, 15) is 4.79 Å². The van der Waals surface area contributed by atoms with Crippen LogP contribution in [0.25, 0.3) is 0 Å². The third kappa shape index (κ3) is 4.57. The quantitative estimate of drug-likeness (QED) is 0.865. The van der Waals surface area contributed by atoms with Crippen LogP contribution in [0.15, 0.2) is 0 Å². The van der Waals surface area contributed by atoms with E-state index in [1.165, 1.54) is 25.7 Å². The maximum Gasteiger partial charge on any atom is 0.239 e. The zero-order valence-electron chi connectivity index (χ0n) is 12.9. The number of hydrogen-bond acceptors (Lipinski definition) is 3. The minimum absolute atomic E-state index is 0. The van der Waals surface area contributed by atoms with Crippen LogP contribution in [-0.4, -0.2) is 49.2 Å². The number of carbonyl (C=O) groups is 1. The first-order valence-corrected chi connectivity index (χ1v) is 8.46. The summed E-state index contributed by atoms with van der Waals surface area (Å²) in [5.74, 6) is 1.12. The Labute approximate surface area is 134 Å². The van der Waals surface area contributed by atoms with Crippen LogP contribution >= 0.6 is 12.4 Å². The molecule has 5 heteroatoms. The first kappa shape index (κ1) is 17.0. The molecule has 21 heavy (non-hydrogen) atoms. The summed E-state index contributed by atoms with van der Waals surface area (Å²) in [7, 11) is 0. The van der Waals surface area contributed by atoms with Gasteiger partial charge in [-0.3, -0.25) is 4.79 Å². The number of ether oxygens (including phenoxy) is 1. The molecule has 1 amide bonds. The molecule has 2 aliphatic heterocycles. The third-order valence-corrected chi connectivity index (χ3v) is 5.15. The van der Waals surface area contributed by atoms with Gasteiger partial charge >= 0.3 is 0 Å². The average Bonchev–Trinajstić information content (AvgIpc) is 3.18. The molecule has 0 bridgehead atoms. The fraction of sp³-hybridized carbons (Fsp3) is 0.938. The Bertz CT molecular complexity index is 320. The third-order valence-electron chi connectivity index (χ3n) is 5.15. The van der Waals surface area contributed by atoms with Crippen molar-refractivity contribution in [3.05, 3.63) is 0 Å². The molecule has 1 atom stereocenters. The summed E-state index contributed by atoms with van der Waals surface area (Å²) in [6, 6.07) is 0.0888. The van der Waals surface area contributed by atoms with Gasteiger partial charge in [-0.25, -0.2) is 0 Å². The average molecular weight is 317 g/mol. The first-order valence-electron chi connectivity index (χ1n) is 8.46. The number of halogens is 1. The van der Waals surface area contributed by atoms with Gasteiger partial charge in [-0.15, -0.1) is 12.4 Å². The molecule has 122 valence electrons. The van der Waals surface area contributed by atoms with Gasteiger partial charge in [-0.1, -0.05) is 12.8 Å². The first-order chi connectivity index (χ1) is 9.83. The minimum Gasteiger partial charge on any atom is -0.378 e. The highest BCUT2D eigenvalue weighted by Gasteiger charge is 2.30. The molecule has 3 fully saturated rings. The van der Waals surface area contributed by atoms with E-state index in [2.05, 4.69) is 5.32 Å². The Kier molecular flexibility index (Phi) is 6.77. The molecule has 2 heterocycles. The summed E-state index contributed by atoms with van der Waals surface area (Å²) in [4.78, 5) is 14.3. The Morgan fingerprint density at radius 1 is 1.05 bits per heavy atom. The summed E-state index contributed by atoms with van der Waals surface area (Å²) in [6.45, 7) is 3.71. The summed E-state index contributed by atoms with van der Waals surface area (Å²) >= 11 is 0. The molecule has 0 radical (unpaired) electrons. The maximum atomic E-state index is 12.3. The number of piperidine rings is 1. The number of likely N-dealkylation sites (tertiary alicyclic amines) is 1. The lowest BCUT2D eigenvalue weighted by Crippen LogP contribution is -2.48. The van der Waals surface area contributed by atoms with Gasteiger partial charge in [-0.2, -0.15) is 0 Å². The molecular weight excluding hydrogens is 288 g/mol. The standard InChI is InChI=1S/C16H28N2O2.ClH/c19-16(15-6-3-9-17-15)18-10-7-14(8-11-18)20-12-13-4-1-2-5-13;/h13-15,17H,1-12H2;1H. The van der Waals surface area contributed by atoms with E-state index in [0.29, 0.717) is 12.0 Å². The van der Waals surface area contributed by atoms with Gasteiger partial charge in [0, 0.05) is 19.7 Å². The molecular formula is C16H29ClN2O2. The summed E-state index contributed by atoms with van der Waals surface area (Å²) in [5, 5.41) is 3.30. The Hall–Kier alpha value is -0.320.